The lowest BCUT2D eigenvalue weighted by molar-refractivity contribution is -0.113. The number of alkyl halides is 1. The molecule has 1 heterocycles. The standard InChI is InChI=1S/C15H22ClNO3S/c1-5-9(3)7-11-10(4)21-14(17-12(18)8-16)13(11)15(19)20-6-2/h9H,5-8H2,1-4H3,(H,17,18)/t9-/m0/s1. The number of amides is 1. The summed E-state index contributed by atoms with van der Waals surface area (Å²) in [4.78, 5) is 24.8. The lowest BCUT2D eigenvalue weighted by Crippen LogP contribution is -2.16. The lowest BCUT2D eigenvalue weighted by atomic mass is 9.96. The summed E-state index contributed by atoms with van der Waals surface area (Å²) in [6.07, 6.45) is 1.82. The molecule has 21 heavy (non-hydrogen) atoms. The average Bonchev–Trinajstić information content (AvgIpc) is 2.74. The van der Waals surface area contributed by atoms with E-state index in [0.29, 0.717) is 23.1 Å². The van der Waals surface area contributed by atoms with Gasteiger partial charge in [0.05, 0.1) is 12.2 Å². The summed E-state index contributed by atoms with van der Waals surface area (Å²) in [6.45, 7) is 8.29. The van der Waals surface area contributed by atoms with Crippen molar-refractivity contribution in [3.63, 3.8) is 0 Å². The number of anilines is 1. The molecule has 0 aliphatic heterocycles. The molecule has 0 saturated carbocycles. The number of halogens is 1. The fraction of sp³-hybridized carbons (Fsp3) is 0.600. The third kappa shape index (κ3) is 4.71. The van der Waals surface area contributed by atoms with Crippen LogP contribution in [0.2, 0.25) is 0 Å². The molecule has 0 aromatic carbocycles. The van der Waals surface area contributed by atoms with Crippen LogP contribution in [0.3, 0.4) is 0 Å². The van der Waals surface area contributed by atoms with Gasteiger partial charge in [-0.15, -0.1) is 22.9 Å². The number of hydrogen-bond acceptors (Lipinski definition) is 4. The molecule has 0 unspecified atom stereocenters. The molecule has 0 aliphatic carbocycles. The van der Waals surface area contributed by atoms with E-state index in [9.17, 15) is 9.59 Å². The molecular weight excluding hydrogens is 310 g/mol. The Morgan fingerprint density at radius 2 is 2.05 bits per heavy atom. The third-order valence-electron chi connectivity index (χ3n) is 3.31. The number of rotatable bonds is 7. The van der Waals surface area contributed by atoms with Crippen LogP contribution in [0.5, 0.6) is 0 Å². The molecule has 118 valence electrons. The maximum Gasteiger partial charge on any atom is 0.341 e. The predicted molar refractivity (Wildman–Crippen MR) is 87.5 cm³/mol. The second kappa shape index (κ2) is 8.39. The molecular formula is C15H22ClNO3S. The molecule has 1 rings (SSSR count). The second-order valence-electron chi connectivity index (χ2n) is 4.96. The molecule has 0 saturated heterocycles. The summed E-state index contributed by atoms with van der Waals surface area (Å²) in [6, 6.07) is 0. The topological polar surface area (TPSA) is 55.4 Å². The van der Waals surface area contributed by atoms with Gasteiger partial charge in [0.1, 0.15) is 10.9 Å². The van der Waals surface area contributed by atoms with Crippen molar-refractivity contribution in [2.24, 2.45) is 5.92 Å². The van der Waals surface area contributed by atoms with Crippen LogP contribution in [-0.2, 0) is 16.0 Å². The van der Waals surface area contributed by atoms with Crippen molar-refractivity contribution >= 4 is 39.8 Å². The molecule has 1 aromatic rings. The minimum atomic E-state index is -0.384. The fourth-order valence-corrected chi connectivity index (χ4v) is 3.14. The molecule has 1 atom stereocenters. The number of thiophene rings is 1. The maximum atomic E-state index is 12.2. The van der Waals surface area contributed by atoms with E-state index in [-0.39, 0.29) is 17.8 Å². The van der Waals surface area contributed by atoms with Crippen LogP contribution in [-0.4, -0.2) is 24.4 Å². The summed E-state index contributed by atoms with van der Waals surface area (Å²) in [5.74, 6) is -0.383. The monoisotopic (exact) mass is 331 g/mol. The highest BCUT2D eigenvalue weighted by molar-refractivity contribution is 7.16. The number of hydrogen-bond donors (Lipinski definition) is 1. The van der Waals surface area contributed by atoms with Gasteiger partial charge in [0.2, 0.25) is 5.91 Å². The largest absolute Gasteiger partial charge is 0.462 e. The van der Waals surface area contributed by atoms with Crippen LogP contribution >= 0.6 is 22.9 Å². The first kappa shape index (κ1) is 18.0. The Bertz CT molecular complexity index is 513. The number of nitrogens with one attached hydrogen (secondary N) is 1. The summed E-state index contributed by atoms with van der Waals surface area (Å²) < 4.78 is 5.14. The van der Waals surface area contributed by atoms with Crippen molar-refractivity contribution in [1.29, 1.82) is 0 Å². The van der Waals surface area contributed by atoms with E-state index in [1.165, 1.54) is 11.3 Å². The SMILES string of the molecule is CCOC(=O)c1c(NC(=O)CCl)sc(C)c1C[C@@H](C)CC. The highest BCUT2D eigenvalue weighted by atomic mass is 35.5. The zero-order valence-electron chi connectivity index (χ0n) is 12.9. The first-order valence-corrected chi connectivity index (χ1v) is 8.44. The van der Waals surface area contributed by atoms with Gasteiger partial charge in [0, 0.05) is 4.88 Å². The summed E-state index contributed by atoms with van der Waals surface area (Å²) >= 11 is 6.92. The Morgan fingerprint density at radius 3 is 2.57 bits per heavy atom. The van der Waals surface area contributed by atoms with Gasteiger partial charge < -0.3 is 10.1 Å². The molecule has 1 N–H and O–H groups in total. The minimum absolute atomic E-state index is 0.139. The van der Waals surface area contributed by atoms with E-state index in [0.717, 1.165) is 23.3 Å². The van der Waals surface area contributed by atoms with E-state index in [1.807, 2.05) is 6.92 Å². The van der Waals surface area contributed by atoms with Gasteiger partial charge >= 0.3 is 5.97 Å². The van der Waals surface area contributed by atoms with Crippen LogP contribution in [0.1, 0.15) is 48.0 Å². The first-order chi connectivity index (χ1) is 9.94. The van der Waals surface area contributed by atoms with Crippen LogP contribution in [0.25, 0.3) is 0 Å². The molecule has 0 fully saturated rings. The molecule has 0 bridgehead atoms. The smallest absolute Gasteiger partial charge is 0.341 e. The normalized spacial score (nSPS) is 12.0. The van der Waals surface area contributed by atoms with Gasteiger partial charge in [-0.05, 0) is 31.7 Å². The van der Waals surface area contributed by atoms with Crippen LogP contribution < -0.4 is 5.32 Å². The quantitative estimate of drug-likeness (QED) is 0.607. The van der Waals surface area contributed by atoms with Crippen molar-refractivity contribution in [3.05, 3.63) is 16.0 Å². The van der Waals surface area contributed by atoms with Gasteiger partial charge in [0.25, 0.3) is 0 Å². The van der Waals surface area contributed by atoms with Crippen LogP contribution in [0.15, 0.2) is 0 Å². The Morgan fingerprint density at radius 1 is 1.38 bits per heavy atom. The molecule has 1 amide bonds. The molecule has 1 aromatic heterocycles. The highest BCUT2D eigenvalue weighted by Crippen LogP contribution is 2.35. The minimum Gasteiger partial charge on any atom is -0.462 e. The van der Waals surface area contributed by atoms with E-state index in [4.69, 9.17) is 16.3 Å². The van der Waals surface area contributed by atoms with Gasteiger partial charge in [-0.1, -0.05) is 20.3 Å². The van der Waals surface area contributed by atoms with Crippen LogP contribution in [0, 0.1) is 12.8 Å². The van der Waals surface area contributed by atoms with Gasteiger partial charge in [0.15, 0.2) is 0 Å². The lowest BCUT2D eigenvalue weighted by Gasteiger charge is -2.11. The average molecular weight is 332 g/mol. The Balaban J connectivity index is 3.21. The summed E-state index contributed by atoms with van der Waals surface area (Å²) in [7, 11) is 0. The van der Waals surface area contributed by atoms with Crippen molar-refractivity contribution in [2.75, 3.05) is 17.8 Å². The van der Waals surface area contributed by atoms with Crippen molar-refractivity contribution in [3.8, 4) is 0 Å². The number of aryl methyl sites for hydroxylation is 1. The van der Waals surface area contributed by atoms with Crippen LogP contribution in [0.4, 0.5) is 5.00 Å². The number of carbonyl (C=O) groups excluding carboxylic acids is 2. The van der Waals surface area contributed by atoms with E-state index in [1.54, 1.807) is 6.92 Å². The highest BCUT2D eigenvalue weighted by Gasteiger charge is 2.24. The first-order valence-electron chi connectivity index (χ1n) is 7.09. The molecule has 0 radical (unpaired) electrons. The van der Waals surface area contributed by atoms with Crippen molar-refractivity contribution in [1.82, 2.24) is 0 Å². The zero-order chi connectivity index (χ0) is 16.0. The van der Waals surface area contributed by atoms with E-state index in [2.05, 4.69) is 19.2 Å². The van der Waals surface area contributed by atoms with Gasteiger partial charge in [-0.25, -0.2) is 4.79 Å². The summed E-state index contributed by atoms with van der Waals surface area (Å²) in [5, 5.41) is 3.24. The second-order valence-corrected chi connectivity index (χ2v) is 6.45. The van der Waals surface area contributed by atoms with Crippen molar-refractivity contribution < 1.29 is 14.3 Å². The number of esters is 1. The Hall–Kier alpha value is -1.07. The van der Waals surface area contributed by atoms with Gasteiger partial charge in [-0.3, -0.25) is 4.79 Å². The predicted octanol–water partition coefficient (Wildman–Crippen LogP) is 4.00. The maximum absolute atomic E-state index is 12.2. The molecule has 0 spiro atoms. The van der Waals surface area contributed by atoms with Crippen molar-refractivity contribution in [2.45, 2.75) is 40.5 Å². The summed E-state index contributed by atoms with van der Waals surface area (Å²) in [5.41, 5.74) is 1.45. The fourth-order valence-electron chi connectivity index (χ4n) is 1.98. The Kier molecular flexibility index (Phi) is 7.18. The Labute approximate surface area is 134 Å². The van der Waals surface area contributed by atoms with E-state index >= 15 is 0 Å². The van der Waals surface area contributed by atoms with Gasteiger partial charge in [-0.2, -0.15) is 0 Å². The molecule has 0 aliphatic rings. The molecule has 4 nitrogen and oxygen atoms in total. The number of carbonyl (C=O) groups is 2. The number of ether oxygens (including phenoxy) is 1. The third-order valence-corrected chi connectivity index (χ3v) is 4.62. The molecule has 6 heteroatoms. The zero-order valence-corrected chi connectivity index (χ0v) is 14.5. The van der Waals surface area contributed by atoms with E-state index < -0.39 is 0 Å².